The molecule has 1 aromatic carbocycles. The van der Waals surface area contributed by atoms with Gasteiger partial charge in [0, 0.05) is 17.3 Å². The highest BCUT2D eigenvalue weighted by Crippen LogP contribution is 2.24. The van der Waals surface area contributed by atoms with Gasteiger partial charge >= 0.3 is 0 Å². The van der Waals surface area contributed by atoms with E-state index >= 15 is 0 Å². The number of nitrogens with zero attached hydrogens (tertiary/aromatic N) is 1. The van der Waals surface area contributed by atoms with Gasteiger partial charge in [0.05, 0.1) is 6.10 Å². The largest absolute Gasteiger partial charge is 0.439 e. The molecule has 0 bridgehead atoms. The van der Waals surface area contributed by atoms with Crippen molar-refractivity contribution >= 4 is 0 Å². The molecule has 0 saturated heterocycles. The first-order valence-corrected chi connectivity index (χ1v) is 6.09. The zero-order valence-corrected chi connectivity index (χ0v) is 10.6. The van der Waals surface area contributed by atoms with Gasteiger partial charge in [0.15, 0.2) is 0 Å². The van der Waals surface area contributed by atoms with Crippen LogP contribution in [0.4, 0.5) is 0 Å². The summed E-state index contributed by atoms with van der Waals surface area (Å²) in [6.45, 7) is 3.82. The Morgan fingerprint density at radius 1 is 1.17 bits per heavy atom. The molecule has 0 aliphatic rings. The molecule has 0 spiro atoms. The van der Waals surface area contributed by atoms with Crippen molar-refractivity contribution in [1.82, 2.24) is 4.98 Å². The number of aliphatic hydroxyl groups excluding tert-OH is 1. The summed E-state index contributed by atoms with van der Waals surface area (Å²) in [5, 5.41) is 9.81. The van der Waals surface area contributed by atoms with Crippen LogP contribution in [0.3, 0.4) is 0 Å². The van der Waals surface area contributed by atoms with Gasteiger partial charge in [-0.15, -0.1) is 0 Å². The van der Waals surface area contributed by atoms with Crippen LogP contribution < -0.4 is 4.74 Å². The van der Waals surface area contributed by atoms with Crippen LogP contribution in [0.1, 0.15) is 30.7 Å². The molecule has 1 atom stereocenters. The fourth-order valence-electron chi connectivity index (χ4n) is 1.79. The van der Waals surface area contributed by atoms with E-state index in [0.29, 0.717) is 12.3 Å². The van der Waals surface area contributed by atoms with Crippen molar-refractivity contribution in [3.63, 3.8) is 0 Å². The van der Waals surface area contributed by atoms with Crippen molar-refractivity contribution in [2.45, 2.75) is 26.4 Å². The van der Waals surface area contributed by atoms with Crippen LogP contribution in [0, 0.1) is 6.92 Å². The molecule has 0 fully saturated rings. The molecule has 0 amide bonds. The average molecular weight is 243 g/mol. The van der Waals surface area contributed by atoms with Crippen LogP contribution in [0.5, 0.6) is 11.6 Å². The van der Waals surface area contributed by atoms with E-state index in [2.05, 4.69) is 4.98 Å². The lowest BCUT2D eigenvalue weighted by molar-refractivity contribution is 0.172. The summed E-state index contributed by atoms with van der Waals surface area (Å²) in [5.74, 6) is 1.30. The molecule has 0 saturated carbocycles. The van der Waals surface area contributed by atoms with Crippen molar-refractivity contribution in [1.29, 1.82) is 0 Å². The molecule has 0 aliphatic carbocycles. The Hall–Kier alpha value is -1.87. The minimum atomic E-state index is -0.455. The van der Waals surface area contributed by atoms with Crippen LogP contribution in [0.15, 0.2) is 42.5 Å². The highest BCUT2D eigenvalue weighted by atomic mass is 16.5. The van der Waals surface area contributed by atoms with Crippen LogP contribution in [-0.4, -0.2) is 10.1 Å². The summed E-state index contributed by atoms with van der Waals surface area (Å²) in [7, 11) is 0. The van der Waals surface area contributed by atoms with Gasteiger partial charge in [0.25, 0.3) is 0 Å². The van der Waals surface area contributed by atoms with Crippen molar-refractivity contribution in [3.8, 4) is 11.6 Å². The van der Waals surface area contributed by atoms with E-state index in [0.717, 1.165) is 17.0 Å². The van der Waals surface area contributed by atoms with Crippen molar-refractivity contribution in [2.24, 2.45) is 0 Å². The molecule has 2 rings (SSSR count). The predicted molar refractivity (Wildman–Crippen MR) is 70.7 cm³/mol. The third-order valence-electron chi connectivity index (χ3n) is 2.81. The molecule has 1 aromatic heterocycles. The summed E-state index contributed by atoms with van der Waals surface area (Å²) >= 11 is 0. The number of hydrogen-bond acceptors (Lipinski definition) is 3. The van der Waals surface area contributed by atoms with Crippen LogP contribution in [0.2, 0.25) is 0 Å². The quantitative estimate of drug-likeness (QED) is 0.891. The number of hydrogen-bond donors (Lipinski definition) is 1. The second kappa shape index (κ2) is 5.65. The Bertz CT molecular complexity index is 511. The molecule has 3 nitrogen and oxygen atoms in total. The number of benzene rings is 1. The van der Waals surface area contributed by atoms with E-state index < -0.39 is 6.10 Å². The maximum absolute atomic E-state index is 9.81. The van der Waals surface area contributed by atoms with Crippen LogP contribution in [-0.2, 0) is 0 Å². The monoisotopic (exact) mass is 243 g/mol. The van der Waals surface area contributed by atoms with Gasteiger partial charge in [-0.2, -0.15) is 0 Å². The van der Waals surface area contributed by atoms with Crippen LogP contribution >= 0.6 is 0 Å². The minimum absolute atomic E-state index is 0.455. The van der Waals surface area contributed by atoms with Gasteiger partial charge in [0.2, 0.25) is 5.88 Å². The molecule has 0 radical (unpaired) electrons. The van der Waals surface area contributed by atoms with Crippen molar-refractivity contribution in [2.75, 3.05) is 0 Å². The summed E-state index contributed by atoms with van der Waals surface area (Å²) in [4.78, 5) is 4.36. The van der Waals surface area contributed by atoms with E-state index in [9.17, 15) is 5.11 Å². The third-order valence-corrected chi connectivity index (χ3v) is 2.81. The number of aliphatic hydroxyl groups is 1. The lowest BCUT2D eigenvalue weighted by Gasteiger charge is -2.12. The SMILES string of the molecule is CCC(O)c1ccc(Oc2ccccc2)nc1C. The number of para-hydroxylation sites is 1. The molecular formula is C15H17NO2. The molecule has 1 unspecified atom stereocenters. The third kappa shape index (κ3) is 2.87. The summed E-state index contributed by atoms with van der Waals surface area (Å²) in [6.07, 6.45) is 0.227. The molecular weight excluding hydrogens is 226 g/mol. The summed E-state index contributed by atoms with van der Waals surface area (Å²) in [6, 6.07) is 13.2. The molecule has 1 heterocycles. The van der Waals surface area contributed by atoms with E-state index in [1.807, 2.05) is 50.2 Å². The lowest BCUT2D eigenvalue weighted by Crippen LogP contribution is -2.01. The van der Waals surface area contributed by atoms with Crippen molar-refractivity contribution < 1.29 is 9.84 Å². The van der Waals surface area contributed by atoms with Crippen molar-refractivity contribution in [3.05, 3.63) is 53.7 Å². The zero-order chi connectivity index (χ0) is 13.0. The molecule has 2 aromatic rings. The molecule has 18 heavy (non-hydrogen) atoms. The number of ether oxygens (including phenoxy) is 1. The van der Waals surface area contributed by atoms with Gasteiger partial charge < -0.3 is 9.84 Å². The smallest absolute Gasteiger partial charge is 0.219 e. The normalized spacial score (nSPS) is 12.2. The fraction of sp³-hybridized carbons (Fsp3) is 0.267. The first kappa shape index (κ1) is 12.6. The van der Waals surface area contributed by atoms with E-state index in [1.54, 1.807) is 6.07 Å². The van der Waals surface area contributed by atoms with E-state index in [4.69, 9.17) is 4.74 Å². The van der Waals surface area contributed by atoms with Gasteiger partial charge in [-0.25, -0.2) is 4.98 Å². The van der Waals surface area contributed by atoms with Gasteiger partial charge in [-0.1, -0.05) is 25.1 Å². The Labute approximate surface area is 107 Å². The topological polar surface area (TPSA) is 42.4 Å². The first-order valence-electron chi connectivity index (χ1n) is 6.09. The maximum atomic E-state index is 9.81. The molecule has 94 valence electrons. The number of aromatic nitrogens is 1. The maximum Gasteiger partial charge on any atom is 0.219 e. The highest BCUT2D eigenvalue weighted by Gasteiger charge is 2.10. The van der Waals surface area contributed by atoms with E-state index in [-0.39, 0.29) is 0 Å². The standard InChI is InChI=1S/C15H17NO2/c1-3-14(17)13-9-10-15(16-11(13)2)18-12-7-5-4-6-8-12/h4-10,14,17H,3H2,1-2H3. The first-order chi connectivity index (χ1) is 8.70. The Kier molecular flexibility index (Phi) is 3.95. The molecule has 3 heteroatoms. The van der Waals surface area contributed by atoms with Gasteiger partial charge in [-0.3, -0.25) is 0 Å². The fourth-order valence-corrected chi connectivity index (χ4v) is 1.79. The molecule has 1 N–H and O–H groups in total. The highest BCUT2D eigenvalue weighted by molar-refractivity contribution is 5.31. The van der Waals surface area contributed by atoms with Crippen LogP contribution in [0.25, 0.3) is 0 Å². The Morgan fingerprint density at radius 3 is 2.50 bits per heavy atom. The number of rotatable bonds is 4. The molecule has 0 aliphatic heterocycles. The summed E-state index contributed by atoms with van der Waals surface area (Å²) in [5.41, 5.74) is 1.66. The zero-order valence-electron chi connectivity index (χ0n) is 10.6. The lowest BCUT2D eigenvalue weighted by atomic mass is 10.1. The Balaban J connectivity index is 2.19. The number of aryl methyl sites for hydroxylation is 1. The second-order valence-corrected chi connectivity index (χ2v) is 4.16. The van der Waals surface area contributed by atoms with E-state index in [1.165, 1.54) is 0 Å². The minimum Gasteiger partial charge on any atom is -0.439 e. The number of pyridine rings is 1. The second-order valence-electron chi connectivity index (χ2n) is 4.16. The Morgan fingerprint density at radius 2 is 1.89 bits per heavy atom. The summed E-state index contributed by atoms with van der Waals surface area (Å²) < 4.78 is 5.63. The van der Waals surface area contributed by atoms with Gasteiger partial charge in [0.1, 0.15) is 5.75 Å². The predicted octanol–water partition coefficient (Wildman–Crippen LogP) is 3.63. The average Bonchev–Trinajstić information content (AvgIpc) is 2.39. The van der Waals surface area contributed by atoms with Gasteiger partial charge in [-0.05, 0) is 31.5 Å².